The molecule has 0 saturated carbocycles. The van der Waals surface area contributed by atoms with Crippen molar-refractivity contribution in [2.24, 2.45) is 16.8 Å². The van der Waals surface area contributed by atoms with Crippen molar-refractivity contribution in [3.8, 4) is 0 Å². The first kappa shape index (κ1) is 12.8. The number of halogens is 1. The number of rotatable bonds is 1. The Labute approximate surface area is 102 Å². The van der Waals surface area contributed by atoms with E-state index in [9.17, 15) is 0 Å². The van der Waals surface area contributed by atoms with E-state index in [1.165, 1.54) is 11.1 Å². The number of fused-ring (bicyclic) bond motifs is 1. The van der Waals surface area contributed by atoms with Crippen LogP contribution >= 0.6 is 12.4 Å². The summed E-state index contributed by atoms with van der Waals surface area (Å²) in [4.78, 5) is 0. The zero-order chi connectivity index (χ0) is 10.7. The van der Waals surface area contributed by atoms with Crippen LogP contribution < -0.4 is 5.73 Å². The lowest BCUT2D eigenvalue weighted by Crippen LogP contribution is -2.23. The average molecular weight is 241 g/mol. The summed E-state index contributed by atoms with van der Waals surface area (Å²) in [6, 6.07) is 8.49. The molecule has 0 aromatic heterocycles. The van der Waals surface area contributed by atoms with Crippen LogP contribution in [0, 0.1) is 5.92 Å². The van der Waals surface area contributed by atoms with Crippen LogP contribution in [0.1, 0.15) is 24.0 Å². The highest BCUT2D eigenvalue weighted by Crippen LogP contribution is 2.24. The number of hydrogen-bond donors (Lipinski definition) is 2. The Kier molecular flexibility index (Phi) is 4.62. The van der Waals surface area contributed by atoms with Crippen molar-refractivity contribution in [1.82, 2.24) is 0 Å². The number of benzene rings is 1. The van der Waals surface area contributed by atoms with Crippen molar-refractivity contribution in [2.75, 3.05) is 0 Å². The summed E-state index contributed by atoms with van der Waals surface area (Å²) in [5.41, 5.74) is 8.47. The third-order valence-electron chi connectivity index (χ3n) is 3.18. The highest BCUT2D eigenvalue weighted by Gasteiger charge is 2.18. The van der Waals surface area contributed by atoms with E-state index in [2.05, 4.69) is 29.4 Å². The van der Waals surface area contributed by atoms with Gasteiger partial charge in [-0.3, -0.25) is 0 Å². The fourth-order valence-corrected chi connectivity index (χ4v) is 2.23. The van der Waals surface area contributed by atoms with Crippen molar-refractivity contribution >= 4 is 18.2 Å². The van der Waals surface area contributed by atoms with E-state index in [1.807, 2.05) is 0 Å². The third-order valence-corrected chi connectivity index (χ3v) is 3.18. The second kappa shape index (κ2) is 5.75. The quantitative estimate of drug-likeness (QED) is 0.260. The number of nitrogens with zero attached hydrogens (tertiary/aromatic N) is 1. The topological polar surface area (TPSA) is 58.6 Å². The maximum absolute atomic E-state index is 8.66. The molecule has 0 atom stereocenters. The molecule has 1 aromatic rings. The van der Waals surface area contributed by atoms with Gasteiger partial charge >= 0.3 is 0 Å². The summed E-state index contributed by atoms with van der Waals surface area (Å²) < 4.78 is 0. The summed E-state index contributed by atoms with van der Waals surface area (Å²) in [5, 5.41) is 11.8. The van der Waals surface area contributed by atoms with Crippen LogP contribution in [0.15, 0.2) is 29.4 Å². The van der Waals surface area contributed by atoms with Gasteiger partial charge < -0.3 is 10.9 Å². The predicted octanol–water partition coefficient (Wildman–Crippen LogP) is 2.35. The van der Waals surface area contributed by atoms with Crippen LogP contribution in [-0.2, 0) is 12.8 Å². The van der Waals surface area contributed by atoms with Crippen LogP contribution in [-0.4, -0.2) is 11.0 Å². The highest BCUT2D eigenvalue weighted by atomic mass is 35.5. The second-order valence-corrected chi connectivity index (χ2v) is 4.07. The molecule has 0 amide bonds. The zero-order valence-electron chi connectivity index (χ0n) is 9.10. The van der Waals surface area contributed by atoms with Crippen molar-refractivity contribution in [3.63, 3.8) is 0 Å². The molecule has 1 aliphatic rings. The predicted molar refractivity (Wildman–Crippen MR) is 67.2 cm³/mol. The smallest absolute Gasteiger partial charge is 0.142 e. The molecule has 0 heterocycles. The summed E-state index contributed by atoms with van der Waals surface area (Å²) in [7, 11) is 0. The lowest BCUT2D eigenvalue weighted by atomic mass is 9.99. The fraction of sp³-hybridized carbons (Fsp3) is 0.417. The molecular formula is C12H17ClN2O. The molecule has 2 rings (SSSR count). The van der Waals surface area contributed by atoms with Gasteiger partial charge in [0.05, 0.1) is 0 Å². The SMILES string of the molecule is Cl.N/C(=N\O)C1CCc2ccccc2CC1. The standard InChI is InChI=1S/C12H16N2O.ClH/c13-12(14-15)11-7-5-9-3-1-2-4-10(9)6-8-11;/h1-4,11,15H,5-8H2,(H2,13,14);1H. The molecule has 1 aliphatic carbocycles. The van der Waals surface area contributed by atoms with Crippen LogP contribution in [0.2, 0.25) is 0 Å². The average Bonchev–Trinajstić information content (AvgIpc) is 2.50. The molecule has 0 saturated heterocycles. The number of amidine groups is 1. The van der Waals surface area contributed by atoms with Crippen molar-refractivity contribution in [1.29, 1.82) is 0 Å². The van der Waals surface area contributed by atoms with E-state index in [-0.39, 0.29) is 18.3 Å². The van der Waals surface area contributed by atoms with Gasteiger partial charge in [0.25, 0.3) is 0 Å². The molecule has 3 N–H and O–H groups in total. The molecule has 0 unspecified atom stereocenters. The maximum atomic E-state index is 8.66. The van der Waals surface area contributed by atoms with Gasteiger partial charge in [0.15, 0.2) is 0 Å². The van der Waals surface area contributed by atoms with Crippen LogP contribution in [0.4, 0.5) is 0 Å². The second-order valence-electron chi connectivity index (χ2n) is 4.07. The minimum atomic E-state index is 0. The Morgan fingerprint density at radius 2 is 1.69 bits per heavy atom. The van der Waals surface area contributed by atoms with E-state index >= 15 is 0 Å². The number of oxime groups is 1. The third kappa shape index (κ3) is 2.67. The van der Waals surface area contributed by atoms with Gasteiger partial charge in [-0.05, 0) is 36.8 Å². The fourth-order valence-electron chi connectivity index (χ4n) is 2.23. The first-order chi connectivity index (χ1) is 7.31. The van der Waals surface area contributed by atoms with E-state index < -0.39 is 0 Å². The first-order valence-electron chi connectivity index (χ1n) is 5.35. The van der Waals surface area contributed by atoms with E-state index in [0.717, 1.165) is 25.7 Å². The number of aryl methyl sites for hydroxylation is 2. The molecule has 0 fully saturated rings. The Morgan fingerprint density at radius 3 is 2.12 bits per heavy atom. The number of hydrogen-bond acceptors (Lipinski definition) is 2. The summed E-state index contributed by atoms with van der Waals surface area (Å²) in [6.07, 6.45) is 4.01. The maximum Gasteiger partial charge on any atom is 0.142 e. The number of nitrogens with two attached hydrogens (primary N) is 1. The molecule has 1 aromatic carbocycles. The van der Waals surface area contributed by atoms with Crippen LogP contribution in [0.3, 0.4) is 0 Å². The largest absolute Gasteiger partial charge is 0.409 e. The molecule has 0 aliphatic heterocycles. The summed E-state index contributed by atoms with van der Waals surface area (Å²) in [5.74, 6) is 0.602. The molecule has 88 valence electrons. The van der Waals surface area contributed by atoms with Gasteiger partial charge in [0.2, 0.25) is 0 Å². The highest BCUT2D eigenvalue weighted by molar-refractivity contribution is 5.85. The van der Waals surface area contributed by atoms with Gasteiger partial charge in [-0.2, -0.15) is 0 Å². The summed E-state index contributed by atoms with van der Waals surface area (Å²) >= 11 is 0. The lowest BCUT2D eigenvalue weighted by molar-refractivity contribution is 0.312. The van der Waals surface area contributed by atoms with Crippen LogP contribution in [0.5, 0.6) is 0 Å². The van der Waals surface area contributed by atoms with Gasteiger partial charge in [-0.25, -0.2) is 0 Å². The Balaban J connectivity index is 0.00000128. The summed E-state index contributed by atoms with van der Waals surface area (Å²) in [6.45, 7) is 0. The Hall–Kier alpha value is -1.22. The molecule has 16 heavy (non-hydrogen) atoms. The van der Waals surface area contributed by atoms with Gasteiger partial charge in [0, 0.05) is 5.92 Å². The van der Waals surface area contributed by atoms with E-state index in [1.54, 1.807) is 0 Å². The minimum Gasteiger partial charge on any atom is -0.409 e. The normalized spacial score (nSPS) is 17.1. The van der Waals surface area contributed by atoms with Crippen molar-refractivity contribution in [3.05, 3.63) is 35.4 Å². The molecular weight excluding hydrogens is 224 g/mol. The first-order valence-corrected chi connectivity index (χ1v) is 5.35. The molecule has 3 nitrogen and oxygen atoms in total. The Morgan fingerprint density at radius 1 is 1.19 bits per heavy atom. The Bertz CT molecular complexity index is 352. The van der Waals surface area contributed by atoms with Gasteiger partial charge in [-0.15, -0.1) is 12.4 Å². The molecule has 0 spiro atoms. The van der Waals surface area contributed by atoms with Crippen molar-refractivity contribution < 1.29 is 5.21 Å². The zero-order valence-corrected chi connectivity index (χ0v) is 9.91. The van der Waals surface area contributed by atoms with Crippen LogP contribution in [0.25, 0.3) is 0 Å². The minimum absolute atomic E-state index is 0. The molecule has 0 bridgehead atoms. The van der Waals surface area contributed by atoms with Gasteiger partial charge in [-0.1, -0.05) is 29.4 Å². The van der Waals surface area contributed by atoms with Gasteiger partial charge in [0.1, 0.15) is 5.84 Å². The van der Waals surface area contributed by atoms with E-state index in [4.69, 9.17) is 10.9 Å². The van der Waals surface area contributed by atoms with E-state index in [0.29, 0.717) is 5.84 Å². The molecule has 4 heteroatoms. The lowest BCUT2D eigenvalue weighted by Gasteiger charge is -2.10. The molecule has 0 radical (unpaired) electrons. The monoisotopic (exact) mass is 240 g/mol. The van der Waals surface area contributed by atoms with Crippen molar-refractivity contribution in [2.45, 2.75) is 25.7 Å².